The summed E-state index contributed by atoms with van der Waals surface area (Å²) in [5.74, 6) is 0.577. The van der Waals surface area contributed by atoms with Gasteiger partial charge in [-0.3, -0.25) is 4.99 Å². The summed E-state index contributed by atoms with van der Waals surface area (Å²) in [6, 6.07) is 0. The van der Waals surface area contributed by atoms with Crippen LogP contribution in [-0.4, -0.2) is 41.7 Å². The van der Waals surface area contributed by atoms with E-state index in [-0.39, 0.29) is 24.0 Å². The van der Waals surface area contributed by atoms with Gasteiger partial charge >= 0.3 is 0 Å². The normalized spacial score (nSPS) is 19.8. The van der Waals surface area contributed by atoms with Gasteiger partial charge in [0, 0.05) is 13.1 Å². The van der Waals surface area contributed by atoms with Gasteiger partial charge in [0.15, 0.2) is 5.96 Å². The molecule has 0 unspecified atom stereocenters. The minimum atomic E-state index is -0.397. The van der Waals surface area contributed by atoms with Gasteiger partial charge in [-0.05, 0) is 19.8 Å². The van der Waals surface area contributed by atoms with Crippen molar-refractivity contribution in [3.05, 3.63) is 0 Å². The van der Waals surface area contributed by atoms with Crippen LogP contribution in [0.15, 0.2) is 4.99 Å². The van der Waals surface area contributed by atoms with Gasteiger partial charge < -0.3 is 15.7 Å². The Kier molecular flexibility index (Phi) is 6.40. The Morgan fingerprint density at radius 1 is 1.54 bits per heavy atom. The fourth-order valence-corrected chi connectivity index (χ4v) is 1.27. The molecule has 1 aliphatic rings. The molecule has 0 bridgehead atoms. The minimum absolute atomic E-state index is 0. The maximum absolute atomic E-state index is 8.96. The largest absolute Gasteiger partial charge is 0.391 e. The first kappa shape index (κ1) is 13.0. The molecule has 13 heavy (non-hydrogen) atoms. The number of guanidine groups is 1. The molecule has 0 aromatic heterocycles. The molecule has 1 saturated heterocycles. The van der Waals surface area contributed by atoms with E-state index < -0.39 is 6.10 Å². The highest BCUT2D eigenvalue weighted by Crippen LogP contribution is 2.06. The molecule has 0 radical (unpaired) electrons. The van der Waals surface area contributed by atoms with Crippen molar-refractivity contribution in [1.82, 2.24) is 4.90 Å². The van der Waals surface area contributed by atoms with Gasteiger partial charge in [0.1, 0.15) is 0 Å². The van der Waals surface area contributed by atoms with E-state index in [4.69, 9.17) is 10.8 Å². The number of aliphatic hydroxyl groups excluding tert-OH is 1. The van der Waals surface area contributed by atoms with Crippen LogP contribution >= 0.6 is 24.0 Å². The summed E-state index contributed by atoms with van der Waals surface area (Å²) in [5, 5.41) is 8.96. The molecule has 1 atom stereocenters. The summed E-state index contributed by atoms with van der Waals surface area (Å²) in [5.41, 5.74) is 5.69. The highest BCUT2D eigenvalue weighted by molar-refractivity contribution is 14.0. The van der Waals surface area contributed by atoms with E-state index in [0.717, 1.165) is 13.1 Å². The molecule has 5 heteroatoms. The number of likely N-dealkylation sites (tertiary alicyclic amines) is 1. The van der Waals surface area contributed by atoms with Gasteiger partial charge in [0.2, 0.25) is 0 Å². The van der Waals surface area contributed by atoms with Crippen LogP contribution in [0.2, 0.25) is 0 Å². The maximum Gasteiger partial charge on any atom is 0.191 e. The van der Waals surface area contributed by atoms with Crippen molar-refractivity contribution in [3.8, 4) is 0 Å². The summed E-state index contributed by atoms with van der Waals surface area (Å²) in [7, 11) is 0. The first-order valence-corrected chi connectivity index (χ1v) is 4.43. The fraction of sp³-hybridized carbons (Fsp3) is 0.875. The quantitative estimate of drug-likeness (QED) is 0.441. The van der Waals surface area contributed by atoms with Crippen molar-refractivity contribution >= 4 is 29.9 Å². The van der Waals surface area contributed by atoms with Crippen molar-refractivity contribution in [2.45, 2.75) is 25.9 Å². The number of nitrogens with two attached hydrogens (primary N) is 1. The number of rotatable bonds is 2. The van der Waals surface area contributed by atoms with Crippen molar-refractivity contribution in [2.24, 2.45) is 10.7 Å². The zero-order valence-electron chi connectivity index (χ0n) is 7.94. The van der Waals surface area contributed by atoms with Gasteiger partial charge in [-0.1, -0.05) is 0 Å². The van der Waals surface area contributed by atoms with Gasteiger partial charge in [0.25, 0.3) is 0 Å². The molecule has 1 aliphatic heterocycles. The summed E-state index contributed by atoms with van der Waals surface area (Å²) >= 11 is 0. The Morgan fingerprint density at radius 3 is 2.54 bits per heavy atom. The number of hydrogen-bond acceptors (Lipinski definition) is 2. The topological polar surface area (TPSA) is 61.9 Å². The Morgan fingerprint density at radius 2 is 2.08 bits per heavy atom. The van der Waals surface area contributed by atoms with E-state index in [9.17, 15) is 0 Å². The van der Waals surface area contributed by atoms with E-state index in [1.165, 1.54) is 12.8 Å². The smallest absolute Gasteiger partial charge is 0.191 e. The van der Waals surface area contributed by atoms with Gasteiger partial charge in [-0.25, -0.2) is 0 Å². The maximum atomic E-state index is 8.96. The minimum Gasteiger partial charge on any atom is -0.391 e. The van der Waals surface area contributed by atoms with E-state index in [1.54, 1.807) is 6.92 Å². The number of aliphatic hydroxyl groups is 1. The first-order valence-electron chi connectivity index (χ1n) is 4.43. The third-order valence-corrected chi connectivity index (χ3v) is 1.95. The molecule has 1 heterocycles. The van der Waals surface area contributed by atoms with E-state index in [1.807, 2.05) is 0 Å². The standard InChI is InChI=1S/C8H17N3O.HI/c1-7(12)6-10-8(9)11-4-2-3-5-11;/h7,12H,2-6H2,1H3,(H2,9,10);1H/t7-;/m0./s1. The van der Waals surface area contributed by atoms with E-state index in [0.29, 0.717) is 12.5 Å². The lowest BCUT2D eigenvalue weighted by Gasteiger charge is -2.15. The third kappa shape index (κ3) is 4.66. The second-order valence-electron chi connectivity index (χ2n) is 3.24. The lowest BCUT2D eigenvalue weighted by atomic mass is 10.4. The summed E-state index contributed by atoms with van der Waals surface area (Å²) in [6.45, 7) is 4.13. The molecular weight excluding hydrogens is 281 g/mol. The molecule has 0 amide bonds. The second kappa shape index (κ2) is 6.42. The molecule has 4 nitrogen and oxygen atoms in total. The summed E-state index contributed by atoms with van der Waals surface area (Å²) in [6.07, 6.45) is 2.00. The number of nitrogens with zero attached hydrogens (tertiary/aromatic N) is 2. The van der Waals surface area contributed by atoms with Crippen LogP contribution in [0.4, 0.5) is 0 Å². The molecule has 0 aromatic carbocycles. The third-order valence-electron chi connectivity index (χ3n) is 1.95. The Hall–Kier alpha value is -0.0400. The molecule has 1 fully saturated rings. The van der Waals surface area contributed by atoms with Crippen LogP contribution in [0.5, 0.6) is 0 Å². The average Bonchev–Trinajstić information content (AvgIpc) is 2.51. The predicted octanol–water partition coefficient (Wildman–Crippen LogP) is 0.396. The zero-order chi connectivity index (χ0) is 8.97. The lowest BCUT2D eigenvalue weighted by molar-refractivity contribution is 0.203. The van der Waals surface area contributed by atoms with Gasteiger partial charge in [-0.2, -0.15) is 0 Å². The lowest BCUT2D eigenvalue weighted by Crippen LogP contribution is -2.35. The SMILES string of the molecule is C[C@H](O)CN=C(N)N1CCCC1.I. The molecule has 3 N–H and O–H groups in total. The van der Waals surface area contributed by atoms with Crippen LogP contribution in [-0.2, 0) is 0 Å². The van der Waals surface area contributed by atoms with E-state index >= 15 is 0 Å². The Bertz CT molecular complexity index is 167. The Labute approximate surface area is 96.2 Å². The number of hydrogen-bond donors (Lipinski definition) is 2. The zero-order valence-corrected chi connectivity index (χ0v) is 10.3. The van der Waals surface area contributed by atoms with Crippen LogP contribution in [0, 0.1) is 0 Å². The Balaban J connectivity index is 0.00000144. The van der Waals surface area contributed by atoms with Crippen molar-refractivity contribution in [3.63, 3.8) is 0 Å². The van der Waals surface area contributed by atoms with Crippen LogP contribution in [0.1, 0.15) is 19.8 Å². The van der Waals surface area contributed by atoms with Gasteiger partial charge in [0.05, 0.1) is 12.6 Å². The summed E-state index contributed by atoms with van der Waals surface area (Å²) in [4.78, 5) is 6.13. The molecular formula is C8H18IN3O. The first-order chi connectivity index (χ1) is 5.70. The van der Waals surface area contributed by atoms with E-state index in [2.05, 4.69) is 9.89 Å². The summed E-state index contributed by atoms with van der Waals surface area (Å²) < 4.78 is 0. The van der Waals surface area contributed by atoms with Crippen molar-refractivity contribution in [1.29, 1.82) is 0 Å². The number of aliphatic imine (C=N–C) groups is 1. The van der Waals surface area contributed by atoms with Crippen LogP contribution in [0.25, 0.3) is 0 Å². The average molecular weight is 299 g/mol. The molecule has 0 spiro atoms. The monoisotopic (exact) mass is 299 g/mol. The fourth-order valence-electron chi connectivity index (χ4n) is 1.27. The van der Waals surface area contributed by atoms with Crippen molar-refractivity contribution < 1.29 is 5.11 Å². The predicted molar refractivity (Wildman–Crippen MR) is 64.4 cm³/mol. The molecule has 0 aliphatic carbocycles. The van der Waals surface area contributed by atoms with Gasteiger partial charge in [-0.15, -0.1) is 24.0 Å². The second-order valence-corrected chi connectivity index (χ2v) is 3.24. The molecule has 0 aromatic rings. The van der Waals surface area contributed by atoms with Crippen molar-refractivity contribution in [2.75, 3.05) is 19.6 Å². The molecule has 1 rings (SSSR count). The molecule has 0 saturated carbocycles. The molecule has 78 valence electrons. The van der Waals surface area contributed by atoms with Crippen LogP contribution in [0.3, 0.4) is 0 Å². The number of halogens is 1. The van der Waals surface area contributed by atoms with Crippen LogP contribution < -0.4 is 5.73 Å². The highest BCUT2D eigenvalue weighted by Gasteiger charge is 2.12. The highest BCUT2D eigenvalue weighted by atomic mass is 127.